The molecule has 0 aromatic carbocycles. The van der Waals surface area contributed by atoms with Gasteiger partial charge >= 0.3 is 0 Å². The topological polar surface area (TPSA) is 55.0 Å². The number of hydrogen-bond acceptors (Lipinski definition) is 4. The summed E-state index contributed by atoms with van der Waals surface area (Å²) in [5.74, 6) is 2.36. The van der Waals surface area contributed by atoms with Crippen molar-refractivity contribution < 1.29 is 0 Å². The molecule has 4 heteroatoms. The zero-order valence-corrected chi connectivity index (χ0v) is 12.4. The van der Waals surface area contributed by atoms with Crippen LogP contribution in [0.4, 0.5) is 11.6 Å². The minimum atomic E-state index is 0.609. The van der Waals surface area contributed by atoms with Gasteiger partial charge in [-0.15, -0.1) is 0 Å². The van der Waals surface area contributed by atoms with Crippen LogP contribution in [0, 0.1) is 12.8 Å². The lowest BCUT2D eigenvalue weighted by Gasteiger charge is -2.32. The molecule has 0 bridgehead atoms. The van der Waals surface area contributed by atoms with E-state index in [-0.39, 0.29) is 0 Å². The molecule has 4 nitrogen and oxygen atoms in total. The SMILES string of the molecule is Cc1c(N)ncnc1N(CCC(C)C)C1CCCC1. The maximum absolute atomic E-state index is 5.94. The van der Waals surface area contributed by atoms with Crippen molar-refractivity contribution in [1.29, 1.82) is 0 Å². The first-order valence-electron chi connectivity index (χ1n) is 7.43. The average molecular weight is 262 g/mol. The molecule has 0 saturated heterocycles. The fraction of sp³-hybridized carbons (Fsp3) is 0.733. The first kappa shape index (κ1) is 14.1. The average Bonchev–Trinajstić information content (AvgIpc) is 2.88. The molecular formula is C15H26N4. The molecule has 1 heterocycles. The van der Waals surface area contributed by atoms with Gasteiger partial charge in [0, 0.05) is 18.2 Å². The summed E-state index contributed by atoms with van der Waals surface area (Å²) in [4.78, 5) is 11.1. The quantitative estimate of drug-likeness (QED) is 0.885. The summed E-state index contributed by atoms with van der Waals surface area (Å²) < 4.78 is 0. The van der Waals surface area contributed by atoms with Crippen molar-refractivity contribution in [2.75, 3.05) is 17.2 Å². The minimum absolute atomic E-state index is 0.609. The molecular weight excluding hydrogens is 236 g/mol. The van der Waals surface area contributed by atoms with Gasteiger partial charge in [0.05, 0.1) is 0 Å². The van der Waals surface area contributed by atoms with Crippen LogP contribution in [-0.4, -0.2) is 22.6 Å². The lowest BCUT2D eigenvalue weighted by molar-refractivity contribution is 0.524. The van der Waals surface area contributed by atoms with E-state index in [4.69, 9.17) is 5.73 Å². The lowest BCUT2D eigenvalue weighted by atomic mass is 10.1. The third kappa shape index (κ3) is 3.37. The molecule has 1 aliphatic rings. The van der Waals surface area contributed by atoms with E-state index in [2.05, 4.69) is 28.7 Å². The molecule has 0 radical (unpaired) electrons. The van der Waals surface area contributed by atoms with Gasteiger partial charge in [-0.2, -0.15) is 0 Å². The molecule has 0 unspecified atom stereocenters. The normalized spacial score (nSPS) is 16.2. The summed E-state index contributed by atoms with van der Waals surface area (Å²) in [6.07, 6.45) is 8.02. The van der Waals surface area contributed by atoms with Gasteiger partial charge < -0.3 is 10.6 Å². The van der Waals surface area contributed by atoms with Crippen LogP contribution in [0.25, 0.3) is 0 Å². The third-order valence-electron chi connectivity index (χ3n) is 4.08. The highest BCUT2D eigenvalue weighted by molar-refractivity contribution is 5.56. The van der Waals surface area contributed by atoms with E-state index >= 15 is 0 Å². The maximum atomic E-state index is 5.94. The zero-order valence-electron chi connectivity index (χ0n) is 12.4. The Bertz CT molecular complexity index is 411. The highest BCUT2D eigenvalue weighted by Crippen LogP contribution is 2.30. The molecule has 0 amide bonds. The number of nitrogens with zero attached hydrogens (tertiary/aromatic N) is 3. The van der Waals surface area contributed by atoms with Crippen LogP contribution in [0.1, 0.15) is 51.5 Å². The van der Waals surface area contributed by atoms with E-state index in [1.807, 2.05) is 6.92 Å². The van der Waals surface area contributed by atoms with E-state index in [1.165, 1.54) is 32.1 Å². The van der Waals surface area contributed by atoms with Gasteiger partial charge in [-0.3, -0.25) is 0 Å². The Hall–Kier alpha value is -1.32. The van der Waals surface area contributed by atoms with Gasteiger partial charge in [0.15, 0.2) is 0 Å². The molecule has 1 saturated carbocycles. The van der Waals surface area contributed by atoms with Gasteiger partial charge in [-0.05, 0) is 32.1 Å². The summed E-state index contributed by atoms with van der Waals surface area (Å²) >= 11 is 0. The third-order valence-corrected chi connectivity index (χ3v) is 4.08. The standard InChI is InChI=1S/C15H26N4/c1-11(2)8-9-19(13-6-4-5-7-13)15-12(3)14(16)17-10-18-15/h10-11,13H,4-9H2,1-3H3,(H2,16,17,18). The van der Waals surface area contributed by atoms with Crippen LogP contribution < -0.4 is 10.6 Å². The van der Waals surface area contributed by atoms with E-state index in [0.717, 1.165) is 17.9 Å². The molecule has 1 aromatic rings. The van der Waals surface area contributed by atoms with Crippen molar-refractivity contribution in [2.24, 2.45) is 5.92 Å². The van der Waals surface area contributed by atoms with Crippen LogP contribution in [0.3, 0.4) is 0 Å². The Kier molecular flexibility index (Phi) is 4.61. The summed E-state index contributed by atoms with van der Waals surface area (Å²) in [7, 11) is 0. The highest BCUT2D eigenvalue weighted by Gasteiger charge is 2.25. The number of rotatable bonds is 5. The summed E-state index contributed by atoms with van der Waals surface area (Å²) in [6.45, 7) is 7.64. The van der Waals surface area contributed by atoms with E-state index in [1.54, 1.807) is 6.33 Å². The van der Waals surface area contributed by atoms with E-state index in [0.29, 0.717) is 17.8 Å². The predicted octanol–water partition coefficient (Wildman–Crippen LogP) is 3.16. The van der Waals surface area contributed by atoms with Crippen LogP contribution in [0.2, 0.25) is 0 Å². The van der Waals surface area contributed by atoms with Gasteiger partial charge in [0.1, 0.15) is 18.0 Å². The Labute approximate surface area is 116 Å². The van der Waals surface area contributed by atoms with Crippen molar-refractivity contribution in [3.8, 4) is 0 Å². The second-order valence-corrected chi connectivity index (χ2v) is 6.02. The zero-order chi connectivity index (χ0) is 13.8. The molecule has 0 aliphatic heterocycles. The number of nitrogen functional groups attached to an aromatic ring is 1. The molecule has 1 aliphatic carbocycles. The van der Waals surface area contributed by atoms with Crippen LogP contribution in [0.15, 0.2) is 6.33 Å². The van der Waals surface area contributed by atoms with Crippen molar-refractivity contribution in [3.63, 3.8) is 0 Å². The van der Waals surface area contributed by atoms with Crippen molar-refractivity contribution >= 4 is 11.6 Å². The van der Waals surface area contributed by atoms with E-state index in [9.17, 15) is 0 Å². The molecule has 0 spiro atoms. The second-order valence-electron chi connectivity index (χ2n) is 6.02. The van der Waals surface area contributed by atoms with Gasteiger partial charge in [-0.25, -0.2) is 9.97 Å². The molecule has 0 atom stereocenters. The molecule has 2 N–H and O–H groups in total. The molecule has 1 fully saturated rings. The largest absolute Gasteiger partial charge is 0.383 e. The maximum Gasteiger partial charge on any atom is 0.137 e. The van der Waals surface area contributed by atoms with Crippen LogP contribution in [0.5, 0.6) is 0 Å². The number of aromatic nitrogens is 2. The number of nitrogens with two attached hydrogens (primary N) is 1. The smallest absolute Gasteiger partial charge is 0.137 e. The highest BCUT2D eigenvalue weighted by atomic mass is 15.2. The number of hydrogen-bond donors (Lipinski definition) is 1. The molecule has 2 rings (SSSR count). The molecule has 19 heavy (non-hydrogen) atoms. The number of anilines is 2. The van der Waals surface area contributed by atoms with Crippen molar-refractivity contribution in [3.05, 3.63) is 11.9 Å². The summed E-state index contributed by atoms with van der Waals surface area (Å²) in [6, 6.07) is 0.631. The lowest BCUT2D eigenvalue weighted by Crippen LogP contribution is -2.36. The Morgan fingerprint density at radius 2 is 2.00 bits per heavy atom. The summed E-state index contributed by atoms with van der Waals surface area (Å²) in [5.41, 5.74) is 6.96. The van der Waals surface area contributed by atoms with Gasteiger partial charge in [0.2, 0.25) is 0 Å². The first-order chi connectivity index (χ1) is 9.09. The summed E-state index contributed by atoms with van der Waals surface area (Å²) in [5, 5.41) is 0. The monoisotopic (exact) mass is 262 g/mol. The fourth-order valence-electron chi connectivity index (χ4n) is 2.82. The van der Waals surface area contributed by atoms with Crippen molar-refractivity contribution in [1.82, 2.24) is 9.97 Å². The van der Waals surface area contributed by atoms with Crippen molar-refractivity contribution in [2.45, 2.75) is 58.9 Å². The predicted molar refractivity (Wildman–Crippen MR) is 80.2 cm³/mol. The van der Waals surface area contributed by atoms with Gasteiger partial charge in [0.25, 0.3) is 0 Å². The Balaban J connectivity index is 2.22. The molecule has 106 valence electrons. The van der Waals surface area contributed by atoms with Gasteiger partial charge in [-0.1, -0.05) is 26.7 Å². The molecule has 1 aromatic heterocycles. The second kappa shape index (κ2) is 6.22. The Morgan fingerprint density at radius 3 is 2.63 bits per heavy atom. The Morgan fingerprint density at radius 1 is 1.32 bits per heavy atom. The first-order valence-corrected chi connectivity index (χ1v) is 7.43. The van der Waals surface area contributed by atoms with Crippen LogP contribution >= 0.6 is 0 Å². The fourth-order valence-corrected chi connectivity index (χ4v) is 2.82. The minimum Gasteiger partial charge on any atom is -0.383 e. The van der Waals surface area contributed by atoms with Crippen LogP contribution in [-0.2, 0) is 0 Å². The van der Waals surface area contributed by atoms with E-state index < -0.39 is 0 Å².